The van der Waals surface area contributed by atoms with Crippen molar-refractivity contribution in [2.24, 2.45) is 5.73 Å². The van der Waals surface area contributed by atoms with Crippen LogP contribution in [0.15, 0.2) is 17.1 Å². The van der Waals surface area contributed by atoms with Crippen LogP contribution in [0, 0.1) is 4.77 Å². The van der Waals surface area contributed by atoms with Gasteiger partial charge in [0.15, 0.2) is 4.77 Å². The molecule has 0 aliphatic heterocycles. The van der Waals surface area contributed by atoms with Crippen molar-refractivity contribution in [2.75, 3.05) is 6.54 Å². The summed E-state index contributed by atoms with van der Waals surface area (Å²) in [5.41, 5.74) is 5.72. The Labute approximate surface area is 121 Å². The van der Waals surface area contributed by atoms with Crippen molar-refractivity contribution in [1.82, 2.24) is 14.5 Å². The van der Waals surface area contributed by atoms with Crippen molar-refractivity contribution in [3.8, 4) is 0 Å². The molecule has 0 aliphatic carbocycles. The van der Waals surface area contributed by atoms with E-state index in [1.165, 1.54) is 10.8 Å². The number of halogens is 3. The normalized spacial score (nSPS) is 14.7. The number of fused-ring (bicyclic) bond motifs is 1. The molecule has 4 N–H and O–H groups in total. The third-order valence-corrected chi connectivity index (χ3v) is 3.20. The molecule has 2 aromatic heterocycles. The monoisotopic (exact) mass is 322 g/mol. The maximum atomic E-state index is 13.0. The van der Waals surface area contributed by atoms with Gasteiger partial charge in [-0.1, -0.05) is 0 Å². The van der Waals surface area contributed by atoms with Crippen LogP contribution in [0.5, 0.6) is 0 Å². The number of hydrogen-bond acceptors (Lipinski definition) is 4. The van der Waals surface area contributed by atoms with Crippen LogP contribution in [0.25, 0.3) is 11.0 Å². The van der Waals surface area contributed by atoms with E-state index in [0.29, 0.717) is 5.52 Å². The molecule has 0 radical (unpaired) electrons. The third-order valence-electron chi connectivity index (χ3n) is 2.88. The van der Waals surface area contributed by atoms with Gasteiger partial charge < -0.3 is 20.0 Å². The summed E-state index contributed by atoms with van der Waals surface area (Å²) in [7, 11) is 0. The van der Waals surface area contributed by atoms with Gasteiger partial charge in [0.1, 0.15) is 5.52 Å². The van der Waals surface area contributed by atoms with E-state index in [1.54, 1.807) is 6.07 Å². The third kappa shape index (κ3) is 3.34. The van der Waals surface area contributed by atoms with Crippen molar-refractivity contribution in [1.29, 1.82) is 0 Å². The molecule has 0 bridgehead atoms. The second-order valence-corrected chi connectivity index (χ2v) is 4.67. The summed E-state index contributed by atoms with van der Waals surface area (Å²) in [6.45, 7) is -0.242. The highest BCUT2D eigenvalue weighted by molar-refractivity contribution is 7.71. The lowest BCUT2D eigenvalue weighted by molar-refractivity contribution is -0.157. The number of nitrogens with zero attached hydrogens (tertiary/aromatic N) is 1. The van der Waals surface area contributed by atoms with Crippen LogP contribution in [-0.4, -0.2) is 40.0 Å². The average Bonchev–Trinajstić information content (AvgIpc) is 2.91. The predicted octanol–water partition coefficient (Wildman–Crippen LogP) is 1.29. The van der Waals surface area contributed by atoms with E-state index in [2.05, 4.69) is 14.7 Å². The molecule has 0 spiro atoms. The molecule has 0 aliphatic rings. The molecule has 21 heavy (non-hydrogen) atoms. The number of aromatic amines is 2. The summed E-state index contributed by atoms with van der Waals surface area (Å²) in [6.07, 6.45) is -5.46. The van der Waals surface area contributed by atoms with Gasteiger partial charge in [0.25, 0.3) is 18.3 Å². The van der Waals surface area contributed by atoms with Crippen LogP contribution in [0.2, 0.25) is 0 Å². The Bertz CT molecular complexity index is 726. The number of nitrogens with one attached hydrogen (secondary N) is 2. The Morgan fingerprint density at radius 3 is 2.76 bits per heavy atom. The minimum Gasteiger partial charge on any atom is -0.355 e. The van der Waals surface area contributed by atoms with Crippen molar-refractivity contribution >= 4 is 23.3 Å². The molecular formula is C11H13F3N4O2S. The lowest BCUT2D eigenvalue weighted by Gasteiger charge is -2.20. The number of aromatic nitrogens is 3. The van der Waals surface area contributed by atoms with Crippen molar-refractivity contribution in [2.45, 2.75) is 25.4 Å². The smallest absolute Gasteiger partial charge is 0.293 e. The summed E-state index contributed by atoms with van der Waals surface area (Å²) in [5, 5.41) is 0. The highest BCUT2D eigenvalue weighted by Crippen LogP contribution is 2.13. The fourth-order valence-corrected chi connectivity index (χ4v) is 2.17. The summed E-state index contributed by atoms with van der Waals surface area (Å²) in [6, 6.07) is 1.59. The molecule has 2 rings (SSSR count). The van der Waals surface area contributed by atoms with E-state index in [-0.39, 0.29) is 23.4 Å². The maximum absolute atomic E-state index is 13.0. The van der Waals surface area contributed by atoms with E-state index >= 15 is 0 Å². The number of rotatable bonds is 6. The van der Waals surface area contributed by atoms with Crippen LogP contribution in [0.3, 0.4) is 0 Å². The zero-order valence-electron chi connectivity index (χ0n) is 10.7. The molecule has 0 aromatic carbocycles. The topological polar surface area (TPSA) is 88.8 Å². The fraction of sp³-hybridized carbons (Fsp3) is 0.455. The fourth-order valence-electron chi connectivity index (χ4n) is 1.91. The van der Waals surface area contributed by atoms with E-state index in [9.17, 15) is 18.0 Å². The predicted molar refractivity (Wildman–Crippen MR) is 72.6 cm³/mol. The highest BCUT2D eigenvalue weighted by atomic mass is 32.1. The number of H-pyrrole nitrogens is 2. The van der Waals surface area contributed by atoms with E-state index in [0.717, 1.165) is 0 Å². The molecule has 2 aromatic rings. The van der Waals surface area contributed by atoms with Gasteiger partial charge in [-0.2, -0.15) is 0 Å². The molecule has 0 saturated carbocycles. The van der Waals surface area contributed by atoms with Crippen LogP contribution in [0.4, 0.5) is 13.2 Å². The minimum absolute atomic E-state index is 0.0619. The Morgan fingerprint density at radius 1 is 1.43 bits per heavy atom. The first-order valence-electron chi connectivity index (χ1n) is 6.02. The molecule has 6 nitrogen and oxygen atoms in total. The van der Waals surface area contributed by atoms with Gasteiger partial charge >= 0.3 is 0 Å². The SMILES string of the molecule is NCC(Cn1c(=S)[nH]c(=O)c2[nH]ccc21)OC(F)C(F)F. The Morgan fingerprint density at radius 2 is 2.14 bits per heavy atom. The molecule has 0 fully saturated rings. The van der Waals surface area contributed by atoms with E-state index in [1.807, 2.05) is 0 Å². The molecule has 2 unspecified atom stereocenters. The highest BCUT2D eigenvalue weighted by Gasteiger charge is 2.24. The molecule has 2 atom stereocenters. The summed E-state index contributed by atoms with van der Waals surface area (Å²) in [4.78, 5) is 16.8. The molecule has 116 valence electrons. The first-order valence-corrected chi connectivity index (χ1v) is 6.42. The van der Waals surface area contributed by atoms with Crippen LogP contribution in [-0.2, 0) is 11.3 Å². The number of nitrogens with two attached hydrogens (primary N) is 1. The molecule has 0 saturated heterocycles. The van der Waals surface area contributed by atoms with Gasteiger partial charge in [0.05, 0.1) is 18.2 Å². The Kier molecular flexibility index (Phi) is 4.80. The summed E-state index contributed by atoms with van der Waals surface area (Å²) < 4.78 is 43.4. The lowest BCUT2D eigenvalue weighted by atomic mass is 10.3. The van der Waals surface area contributed by atoms with E-state index in [4.69, 9.17) is 18.0 Å². The maximum Gasteiger partial charge on any atom is 0.293 e. The first kappa shape index (κ1) is 15.7. The molecule has 0 amide bonds. The second-order valence-electron chi connectivity index (χ2n) is 4.29. The first-order chi connectivity index (χ1) is 9.93. The van der Waals surface area contributed by atoms with Gasteiger partial charge in [-0.15, -0.1) is 0 Å². The largest absolute Gasteiger partial charge is 0.355 e. The average molecular weight is 322 g/mol. The van der Waals surface area contributed by atoms with Crippen LogP contribution in [0.1, 0.15) is 0 Å². The van der Waals surface area contributed by atoms with Gasteiger partial charge in [-0.25, -0.2) is 13.2 Å². The van der Waals surface area contributed by atoms with Crippen molar-refractivity contribution in [3.05, 3.63) is 27.4 Å². The molecular weight excluding hydrogens is 309 g/mol. The minimum atomic E-state index is -3.25. The van der Waals surface area contributed by atoms with Crippen LogP contribution < -0.4 is 11.3 Å². The summed E-state index contributed by atoms with van der Waals surface area (Å²) in [5.74, 6) is 0. The van der Waals surface area contributed by atoms with Gasteiger partial charge in [-0.3, -0.25) is 9.78 Å². The zero-order chi connectivity index (χ0) is 15.6. The number of hydrogen-bond donors (Lipinski definition) is 3. The van der Waals surface area contributed by atoms with Crippen LogP contribution >= 0.6 is 12.2 Å². The van der Waals surface area contributed by atoms with Gasteiger partial charge in [-0.05, 0) is 18.3 Å². The zero-order valence-corrected chi connectivity index (χ0v) is 11.5. The molecule has 2 heterocycles. The lowest BCUT2D eigenvalue weighted by Crippen LogP contribution is -2.34. The van der Waals surface area contributed by atoms with E-state index < -0.39 is 24.4 Å². The Balaban J connectivity index is 2.32. The Hall–Kier alpha value is -1.65. The van der Waals surface area contributed by atoms with Crippen molar-refractivity contribution in [3.63, 3.8) is 0 Å². The van der Waals surface area contributed by atoms with Crippen molar-refractivity contribution < 1.29 is 17.9 Å². The standard InChI is InChI=1S/C11H13F3N4O2S/c12-8(13)9(14)20-5(3-15)4-18-6-1-2-16-7(6)10(19)17-11(18)21/h1-2,5,8-9,16H,3-4,15H2,(H,17,19,21). The summed E-state index contributed by atoms with van der Waals surface area (Å²) >= 11 is 5.02. The second kappa shape index (κ2) is 6.41. The number of ether oxygens (including phenoxy) is 1. The van der Waals surface area contributed by atoms with Gasteiger partial charge in [0.2, 0.25) is 0 Å². The quantitative estimate of drug-likeness (QED) is 0.699. The van der Waals surface area contributed by atoms with Gasteiger partial charge in [0, 0.05) is 12.7 Å². The molecule has 10 heteroatoms. The number of alkyl halides is 3.